The predicted octanol–water partition coefficient (Wildman–Crippen LogP) is 1.32. The third-order valence-electron chi connectivity index (χ3n) is 4.76. The van der Waals surface area contributed by atoms with E-state index in [1.165, 1.54) is 12.8 Å². The van der Waals surface area contributed by atoms with Crippen LogP contribution in [0.4, 0.5) is 0 Å². The Kier molecular flexibility index (Phi) is 5.51. The number of pyridine rings is 1. The van der Waals surface area contributed by atoms with Crippen molar-refractivity contribution in [3.05, 3.63) is 28.7 Å². The Morgan fingerprint density at radius 3 is 2.77 bits per heavy atom. The molecule has 22 heavy (non-hydrogen) atoms. The zero-order valence-electron chi connectivity index (χ0n) is 13.3. The van der Waals surface area contributed by atoms with Crippen LogP contribution in [0, 0.1) is 5.92 Å². The molecular weight excluding hydrogens is 278 g/mol. The van der Waals surface area contributed by atoms with Gasteiger partial charge in [0.2, 0.25) is 0 Å². The first-order valence-electron chi connectivity index (χ1n) is 8.58. The summed E-state index contributed by atoms with van der Waals surface area (Å²) in [6, 6.07) is 3.72. The maximum absolute atomic E-state index is 12.5. The van der Waals surface area contributed by atoms with E-state index in [2.05, 4.69) is 10.2 Å². The lowest BCUT2D eigenvalue weighted by Gasteiger charge is -2.23. The van der Waals surface area contributed by atoms with Crippen molar-refractivity contribution in [2.75, 3.05) is 39.3 Å². The van der Waals surface area contributed by atoms with E-state index in [0.29, 0.717) is 18.3 Å². The molecule has 0 aliphatic carbocycles. The molecule has 1 aromatic rings. The monoisotopic (exact) mass is 305 g/mol. The summed E-state index contributed by atoms with van der Waals surface area (Å²) in [6.45, 7) is 6.78. The summed E-state index contributed by atoms with van der Waals surface area (Å²) in [5, 5.41) is 3.36. The van der Waals surface area contributed by atoms with Crippen molar-refractivity contribution in [2.45, 2.75) is 32.2 Å². The summed E-state index contributed by atoms with van der Waals surface area (Å²) in [5.74, 6) is 1.09. The summed E-state index contributed by atoms with van der Waals surface area (Å²) in [5.41, 5.74) is 0.0162. The van der Waals surface area contributed by atoms with Gasteiger partial charge in [-0.05, 0) is 69.9 Å². The Morgan fingerprint density at radius 1 is 1.23 bits per heavy atom. The average Bonchev–Trinajstić information content (AvgIpc) is 3.05. The molecule has 2 fully saturated rings. The number of nitrogens with one attached hydrogen (secondary N) is 1. The minimum Gasteiger partial charge on any atom is -0.487 e. The Morgan fingerprint density at radius 2 is 2.00 bits per heavy atom. The molecule has 1 aromatic heterocycles. The van der Waals surface area contributed by atoms with Gasteiger partial charge in [-0.25, -0.2) is 0 Å². The molecule has 2 saturated heterocycles. The average molecular weight is 305 g/mol. The maximum Gasteiger partial charge on any atom is 0.292 e. The zero-order valence-corrected chi connectivity index (χ0v) is 13.3. The number of aromatic nitrogens is 1. The highest BCUT2D eigenvalue weighted by Gasteiger charge is 2.15. The van der Waals surface area contributed by atoms with Crippen molar-refractivity contribution < 1.29 is 4.74 Å². The van der Waals surface area contributed by atoms with Gasteiger partial charge in [-0.15, -0.1) is 0 Å². The molecule has 0 saturated carbocycles. The molecule has 0 amide bonds. The van der Waals surface area contributed by atoms with Gasteiger partial charge in [0.15, 0.2) is 5.75 Å². The third kappa shape index (κ3) is 4.11. The first kappa shape index (κ1) is 15.6. The fourth-order valence-electron chi connectivity index (χ4n) is 3.40. The second-order valence-corrected chi connectivity index (χ2v) is 6.42. The normalized spacial score (nSPS) is 20.4. The number of hydrogen-bond donors (Lipinski definition) is 1. The second-order valence-electron chi connectivity index (χ2n) is 6.42. The highest BCUT2D eigenvalue weighted by Crippen LogP contribution is 2.14. The largest absolute Gasteiger partial charge is 0.487 e. The highest BCUT2D eigenvalue weighted by atomic mass is 16.5. The van der Waals surface area contributed by atoms with Crippen molar-refractivity contribution in [2.24, 2.45) is 5.92 Å². The number of likely N-dealkylation sites (tertiary alicyclic amines) is 1. The van der Waals surface area contributed by atoms with E-state index < -0.39 is 0 Å². The first-order valence-corrected chi connectivity index (χ1v) is 8.58. The van der Waals surface area contributed by atoms with Crippen LogP contribution in [0.3, 0.4) is 0 Å². The highest BCUT2D eigenvalue weighted by molar-refractivity contribution is 5.17. The van der Waals surface area contributed by atoms with Crippen LogP contribution in [0.1, 0.15) is 25.7 Å². The molecule has 0 radical (unpaired) electrons. The van der Waals surface area contributed by atoms with E-state index in [-0.39, 0.29) is 5.56 Å². The molecule has 0 bridgehead atoms. The molecule has 3 rings (SSSR count). The molecule has 0 spiro atoms. The SMILES string of the molecule is O=c1c(OCCN2CCCC2)cccn1CC1CCNCC1. The van der Waals surface area contributed by atoms with Gasteiger partial charge in [0.25, 0.3) is 5.56 Å². The topological polar surface area (TPSA) is 46.5 Å². The quantitative estimate of drug-likeness (QED) is 0.861. The number of rotatable bonds is 6. The van der Waals surface area contributed by atoms with Crippen molar-refractivity contribution in [1.82, 2.24) is 14.8 Å². The zero-order chi connectivity index (χ0) is 15.2. The molecule has 5 nitrogen and oxygen atoms in total. The van der Waals surface area contributed by atoms with Crippen LogP contribution in [-0.2, 0) is 6.54 Å². The lowest BCUT2D eigenvalue weighted by Crippen LogP contribution is -2.33. The predicted molar refractivity (Wildman–Crippen MR) is 87.5 cm³/mol. The van der Waals surface area contributed by atoms with Crippen molar-refractivity contribution in [3.63, 3.8) is 0 Å². The van der Waals surface area contributed by atoms with Crippen molar-refractivity contribution in [3.8, 4) is 5.75 Å². The van der Waals surface area contributed by atoms with Crippen LogP contribution in [0.25, 0.3) is 0 Å². The fourth-order valence-corrected chi connectivity index (χ4v) is 3.40. The number of piperidine rings is 1. The van der Waals surface area contributed by atoms with E-state index >= 15 is 0 Å². The van der Waals surface area contributed by atoms with Crippen LogP contribution >= 0.6 is 0 Å². The molecule has 2 aliphatic rings. The second kappa shape index (κ2) is 7.79. The molecule has 2 aliphatic heterocycles. The minimum absolute atomic E-state index is 0.0162. The van der Waals surface area contributed by atoms with Gasteiger partial charge in [0.05, 0.1) is 0 Å². The van der Waals surface area contributed by atoms with E-state index in [0.717, 1.165) is 52.1 Å². The van der Waals surface area contributed by atoms with Gasteiger partial charge >= 0.3 is 0 Å². The van der Waals surface area contributed by atoms with Gasteiger partial charge in [-0.2, -0.15) is 0 Å². The molecule has 0 unspecified atom stereocenters. The van der Waals surface area contributed by atoms with Crippen molar-refractivity contribution in [1.29, 1.82) is 0 Å². The van der Waals surface area contributed by atoms with Crippen LogP contribution in [0.5, 0.6) is 5.75 Å². The molecule has 122 valence electrons. The Bertz CT molecular complexity index is 517. The fraction of sp³-hybridized carbons (Fsp3) is 0.706. The minimum atomic E-state index is 0.0162. The third-order valence-corrected chi connectivity index (χ3v) is 4.76. The van der Waals surface area contributed by atoms with Crippen LogP contribution in [0.2, 0.25) is 0 Å². The number of ether oxygens (including phenoxy) is 1. The molecule has 0 aromatic carbocycles. The van der Waals surface area contributed by atoms with Gasteiger partial charge in [0, 0.05) is 19.3 Å². The summed E-state index contributed by atoms with van der Waals surface area (Å²) in [4.78, 5) is 14.9. The van der Waals surface area contributed by atoms with Crippen LogP contribution in [-0.4, -0.2) is 48.8 Å². The molecule has 5 heteroatoms. The van der Waals surface area contributed by atoms with Crippen LogP contribution < -0.4 is 15.6 Å². The maximum atomic E-state index is 12.5. The van der Waals surface area contributed by atoms with E-state index in [1.54, 1.807) is 6.07 Å². The smallest absolute Gasteiger partial charge is 0.292 e. The Balaban J connectivity index is 1.55. The summed E-state index contributed by atoms with van der Waals surface area (Å²) in [7, 11) is 0. The van der Waals surface area contributed by atoms with E-state index in [4.69, 9.17) is 4.74 Å². The Labute approximate surface area is 132 Å². The lowest BCUT2D eigenvalue weighted by atomic mass is 9.98. The lowest BCUT2D eigenvalue weighted by molar-refractivity contribution is 0.233. The number of hydrogen-bond acceptors (Lipinski definition) is 4. The first-order chi connectivity index (χ1) is 10.8. The van der Waals surface area contributed by atoms with E-state index in [1.807, 2.05) is 16.8 Å². The van der Waals surface area contributed by atoms with Gasteiger partial charge in [0.1, 0.15) is 6.61 Å². The molecule has 3 heterocycles. The molecule has 0 atom stereocenters. The van der Waals surface area contributed by atoms with Gasteiger partial charge in [-0.3, -0.25) is 9.69 Å². The summed E-state index contributed by atoms with van der Waals surface area (Å²) >= 11 is 0. The van der Waals surface area contributed by atoms with Crippen molar-refractivity contribution >= 4 is 0 Å². The molecular formula is C17H27N3O2. The summed E-state index contributed by atoms with van der Waals surface area (Å²) in [6.07, 6.45) is 6.75. The molecule has 1 N–H and O–H groups in total. The Hall–Kier alpha value is -1.33. The number of nitrogens with zero attached hydrogens (tertiary/aromatic N) is 2. The standard InChI is InChI=1S/C17H27N3O2/c21-17-16(22-13-12-19-9-1-2-10-19)4-3-11-20(17)14-15-5-7-18-8-6-15/h3-4,11,15,18H,1-2,5-10,12-14H2. The summed E-state index contributed by atoms with van der Waals surface area (Å²) < 4.78 is 7.56. The van der Waals surface area contributed by atoms with E-state index in [9.17, 15) is 4.79 Å². The van der Waals surface area contributed by atoms with Gasteiger partial charge in [-0.1, -0.05) is 0 Å². The van der Waals surface area contributed by atoms with Crippen LogP contribution in [0.15, 0.2) is 23.1 Å². The van der Waals surface area contributed by atoms with Gasteiger partial charge < -0.3 is 14.6 Å².